The molecule has 0 spiro atoms. The average Bonchev–Trinajstić information content (AvgIpc) is 2.37. The topological polar surface area (TPSA) is 32.7 Å². The van der Waals surface area contributed by atoms with Gasteiger partial charge in [-0.3, -0.25) is 4.90 Å². The molecule has 1 atom stereocenters. The van der Waals surface area contributed by atoms with Crippen molar-refractivity contribution < 1.29 is 9.84 Å². The maximum absolute atomic E-state index is 9.69. The molecule has 1 unspecified atom stereocenters. The molecule has 3 heteroatoms. The Hall–Kier alpha value is -1.06. The maximum atomic E-state index is 9.69. The van der Waals surface area contributed by atoms with E-state index >= 15 is 0 Å². The largest absolute Gasteiger partial charge is 0.508 e. The number of rotatable bonds is 5. The van der Waals surface area contributed by atoms with Gasteiger partial charge in [-0.1, -0.05) is 6.07 Å². The molecule has 0 fully saturated rings. The van der Waals surface area contributed by atoms with E-state index in [1.807, 2.05) is 6.07 Å². The van der Waals surface area contributed by atoms with Crippen molar-refractivity contribution in [1.29, 1.82) is 0 Å². The molecule has 2 rings (SSSR count). The van der Waals surface area contributed by atoms with Crippen LogP contribution in [-0.4, -0.2) is 36.3 Å². The zero-order chi connectivity index (χ0) is 13.8. The summed E-state index contributed by atoms with van der Waals surface area (Å²) in [5.41, 5.74) is 2.67. The first-order valence-electron chi connectivity index (χ1n) is 7.21. The predicted octanol–water partition coefficient (Wildman–Crippen LogP) is 3.13. The molecule has 0 bridgehead atoms. The maximum Gasteiger partial charge on any atom is 0.115 e. The number of likely N-dealkylation sites (N-methyl/N-ethyl adjacent to an activating group) is 1. The number of hydrogen-bond acceptors (Lipinski definition) is 3. The highest BCUT2D eigenvalue weighted by Gasteiger charge is 2.23. The van der Waals surface area contributed by atoms with Crippen LogP contribution in [-0.2, 0) is 11.2 Å². The van der Waals surface area contributed by atoms with Crippen LogP contribution in [0, 0.1) is 0 Å². The van der Waals surface area contributed by atoms with Gasteiger partial charge in [-0.05, 0) is 63.4 Å². The van der Waals surface area contributed by atoms with Gasteiger partial charge in [-0.25, -0.2) is 0 Å². The summed E-state index contributed by atoms with van der Waals surface area (Å²) in [7, 11) is 2.15. The lowest BCUT2D eigenvalue weighted by Gasteiger charge is -2.33. The first-order chi connectivity index (χ1) is 9.08. The summed E-state index contributed by atoms with van der Waals surface area (Å²) < 4.78 is 5.62. The Balaban J connectivity index is 2.03. The standard InChI is InChI=1S/C16H25NO2/c1-12(2)19-10-9-17(3)16-6-4-5-13-7-8-14(18)11-15(13)16/h7-8,11-12,16,18H,4-6,9-10H2,1-3H3. The van der Waals surface area contributed by atoms with Crippen molar-refractivity contribution in [2.24, 2.45) is 0 Å². The summed E-state index contributed by atoms with van der Waals surface area (Å²) in [4.78, 5) is 2.35. The molecule has 0 saturated carbocycles. The molecule has 1 aromatic carbocycles. The van der Waals surface area contributed by atoms with E-state index in [0.29, 0.717) is 11.8 Å². The molecular weight excluding hydrogens is 238 g/mol. The van der Waals surface area contributed by atoms with Crippen LogP contribution < -0.4 is 0 Å². The SMILES string of the molecule is CC(C)OCCN(C)C1CCCc2ccc(O)cc21. The first kappa shape index (κ1) is 14.4. The zero-order valence-corrected chi connectivity index (χ0v) is 12.2. The Morgan fingerprint density at radius 2 is 2.21 bits per heavy atom. The van der Waals surface area contributed by atoms with Crippen LogP contribution in [0.4, 0.5) is 0 Å². The minimum atomic E-state index is 0.288. The normalized spacial score (nSPS) is 18.9. The van der Waals surface area contributed by atoms with Gasteiger partial charge < -0.3 is 9.84 Å². The van der Waals surface area contributed by atoms with Crippen LogP contribution in [0.3, 0.4) is 0 Å². The summed E-state index contributed by atoms with van der Waals surface area (Å²) in [5, 5.41) is 9.69. The van der Waals surface area contributed by atoms with Gasteiger partial charge in [0.2, 0.25) is 0 Å². The molecule has 0 aliphatic heterocycles. The number of phenolic OH excluding ortho intramolecular Hbond substituents is 1. The van der Waals surface area contributed by atoms with Crippen molar-refractivity contribution in [1.82, 2.24) is 4.90 Å². The quantitative estimate of drug-likeness (QED) is 0.886. The molecule has 3 nitrogen and oxygen atoms in total. The highest BCUT2D eigenvalue weighted by atomic mass is 16.5. The van der Waals surface area contributed by atoms with Gasteiger partial charge in [0.05, 0.1) is 12.7 Å². The van der Waals surface area contributed by atoms with Crippen molar-refractivity contribution in [2.75, 3.05) is 20.2 Å². The first-order valence-corrected chi connectivity index (χ1v) is 7.21. The summed E-state index contributed by atoms with van der Waals surface area (Å²) in [6.07, 6.45) is 3.80. The molecule has 106 valence electrons. The number of ether oxygens (including phenoxy) is 1. The molecule has 1 aliphatic rings. The van der Waals surface area contributed by atoms with Crippen molar-refractivity contribution in [2.45, 2.75) is 45.3 Å². The molecule has 1 aromatic rings. The minimum absolute atomic E-state index is 0.288. The number of fused-ring (bicyclic) bond motifs is 1. The Morgan fingerprint density at radius 1 is 1.42 bits per heavy atom. The third kappa shape index (κ3) is 3.71. The number of aryl methyl sites for hydroxylation is 1. The molecular formula is C16H25NO2. The van der Waals surface area contributed by atoms with Crippen LogP contribution >= 0.6 is 0 Å². The second kappa shape index (κ2) is 6.40. The third-order valence-corrected chi connectivity index (χ3v) is 3.84. The fourth-order valence-corrected chi connectivity index (χ4v) is 2.81. The van der Waals surface area contributed by atoms with E-state index in [1.165, 1.54) is 17.5 Å². The smallest absolute Gasteiger partial charge is 0.115 e. The van der Waals surface area contributed by atoms with Gasteiger partial charge in [0.15, 0.2) is 0 Å². The van der Waals surface area contributed by atoms with E-state index in [2.05, 4.69) is 31.9 Å². The summed E-state index contributed by atoms with van der Waals surface area (Å²) in [5.74, 6) is 0.373. The fraction of sp³-hybridized carbons (Fsp3) is 0.625. The Bertz CT molecular complexity index is 417. The number of aromatic hydroxyl groups is 1. The lowest BCUT2D eigenvalue weighted by molar-refractivity contribution is 0.0538. The highest BCUT2D eigenvalue weighted by Crippen LogP contribution is 2.35. The predicted molar refractivity (Wildman–Crippen MR) is 77.5 cm³/mol. The molecule has 0 aromatic heterocycles. The van der Waals surface area contributed by atoms with Crippen LogP contribution in [0.1, 0.15) is 43.9 Å². The monoisotopic (exact) mass is 263 g/mol. The molecule has 0 heterocycles. The number of nitrogens with zero attached hydrogens (tertiary/aromatic N) is 1. The summed E-state index contributed by atoms with van der Waals surface area (Å²) in [6, 6.07) is 6.20. The van der Waals surface area contributed by atoms with E-state index in [-0.39, 0.29) is 6.10 Å². The van der Waals surface area contributed by atoms with Crippen molar-refractivity contribution in [3.8, 4) is 5.75 Å². The fourth-order valence-electron chi connectivity index (χ4n) is 2.81. The van der Waals surface area contributed by atoms with E-state index in [4.69, 9.17) is 4.74 Å². The molecule has 19 heavy (non-hydrogen) atoms. The van der Waals surface area contributed by atoms with Crippen LogP contribution in [0.15, 0.2) is 18.2 Å². The van der Waals surface area contributed by atoms with Gasteiger partial charge >= 0.3 is 0 Å². The van der Waals surface area contributed by atoms with E-state index in [0.717, 1.165) is 26.0 Å². The second-order valence-electron chi connectivity index (χ2n) is 5.69. The molecule has 0 radical (unpaired) electrons. The summed E-state index contributed by atoms with van der Waals surface area (Å²) >= 11 is 0. The van der Waals surface area contributed by atoms with Gasteiger partial charge in [-0.15, -0.1) is 0 Å². The third-order valence-electron chi connectivity index (χ3n) is 3.84. The summed E-state index contributed by atoms with van der Waals surface area (Å²) in [6.45, 7) is 5.82. The van der Waals surface area contributed by atoms with Gasteiger partial charge in [0, 0.05) is 12.6 Å². The van der Waals surface area contributed by atoms with E-state index in [9.17, 15) is 5.11 Å². The van der Waals surface area contributed by atoms with Crippen molar-refractivity contribution in [3.63, 3.8) is 0 Å². The molecule has 0 saturated heterocycles. The molecule has 1 aliphatic carbocycles. The molecule has 0 amide bonds. The zero-order valence-electron chi connectivity index (χ0n) is 12.2. The Kier molecular flexibility index (Phi) is 4.83. The van der Waals surface area contributed by atoms with Crippen molar-refractivity contribution in [3.05, 3.63) is 29.3 Å². The average molecular weight is 263 g/mol. The lowest BCUT2D eigenvalue weighted by Crippen LogP contribution is -2.31. The lowest BCUT2D eigenvalue weighted by atomic mass is 9.87. The Labute approximate surface area is 116 Å². The molecule has 1 N–H and O–H groups in total. The van der Waals surface area contributed by atoms with Gasteiger partial charge in [0.1, 0.15) is 5.75 Å². The number of phenols is 1. The number of benzene rings is 1. The minimum Gasteiger partial charge on any atom is -0.508 e. The Morgan fingerprint density at radius 3 is 2.95 bits per heavy atom. The number of hydrogen-bond donors (Lipinski definition) is 1. The van der Waals surface area contributed by atoms with E-state index in [1.54, 1.807) is 6.07 Å². The van der Waals surface area contributed by atoms with Crippen LogP contribution in [0.25, 0.3) is 0 Å². The highest BCUT2D eigenvalue weighted by molar-refractivity contribution is 5.38. The van der Waals surface area contributed by atoms with E-state index < -0.39 is 0 Å². The second-order valence-corrected chi connectivity index (χ2v) is 5.69. The van der Waals surface area contributed by atoms with Crippen molar-refractivity contribution >= 4 is 0 Å². The van der Waals surface area contributed by atoms with Crippen LogP contribution in [0.5, 0.6) is 5.75 Å². The van der Waals surface area contributed by atoms with Crippen LogP contribution in [0.2, 0.25) is 0 Å². The van der Waals surface area contributed by atoms with Gasteiger partial charge in [0.25, 0.3) is 0 Å². The van der Waals surface area contributed by atoms with Gasteiger partial charge in [-0.2, -0.15) is 0 Å².